The van der Waals surface area contributed by atoms with Crippen LogP contribution in [0.3, 0.4) is 0 Å². The van der Waals surface area contributed by atoms with Gasteiger partial charge in [-0.2, -0.15) is 0 Å². The van der Waals surface area contributed by atoms with Gasteiger partial charge in [0, 0.05) is 24.0 Å². The molecule has 0 aliphatic rings. The number of hydrogen-bond acceptors (Lipinski definition) is 6. The Balaban J connectivity index is 1.79. The first kappa shape index (κ1) is 20.2. The minimum Gasteiger partial charge on any atom is -0.496 e. The van der Waals surface area contributed by atoms with Gasteiger partial charge in [-0.3, -0.25) is 9.36 Å². The van der Waals surface area contributed by atoms with E-state index in [1.54, 1.807) is 18.2 Å². The van der Waals surface area contributed by atoms with E-state index in [0.29, 0.717) is 28.5 Å². The van der Waals surface area contributed by atoms with Crippen LogP contribution in [0.15, 0.2) is 34.9 Å². The summed E-state index contributed by atoms with van der Waals surface area (Å²) >= 11 is 0. The van der Waals surface area contributed by atoms with Gasteiger partial charge in [-0.25, -0.2) is 4.79 Å². The molecule has 0 fully saturated rings. The molecule has 152 valence electrons. The first-order valence-corrected chi connectivity index (χ1v) is 9.01. The lowest BCUT2D eigenvalue weighted by Gasteiger charge is -2.10. The van der Waals surface area contributed by atoms with E-state index in [-0.39, 0.29) is 12.5 Å². The standard InChI is InChI=1S/C21H23N3O5/c1-12-8-16(14(3)24(12)19-9-13(2)29-23-19)20(25)22-11-15-6-7-18(27-4)17(10-15)21(26)28-5/h6-10H,11H2,1-5H3,(H,22,25). The third-order valence-corrected chi connectivity index (χ3v) is 4.64. The number of carbonyl (C=O) groups is 2. The lowest BCUT2D eigenvalue weighted by atomic mass is 10.1. The molecule has 1 amide bonds. The number of nitrogens with zero attached hydrogens (tertiary/aromatic N) is 2. The molecule has 2 aromatic heterocycles. The minimum atomic E-state index is -0.499. The second kappa shape index (κ2) is 8.22. The van der Waals surface area contributed by atoms with Gasteiger partial charge in [0.1, 0.15) is 17.1 Å². The molecule has 0 unspecified atom stereocenters. The SMILES string of the molecule is COC(=O)c1cc(CNC(=O)c2cc(C)n(-c3cc(C)on3)c2C)ccc1OC. The molecule has 0 aliphatic heterocycles. The van der Waals surface area contributed by atoms with Crippen LogP contribution in [0.25, 0.3) is 5.82 Å². The van der Waals surface area contributed by atoms with E-state index in [4.69, 9.17) is 14.0 Å². The second-order valence-electron chi connectivity index (χ2n) is 6.62. The molecule has 8 nitrogen and oxygen atoms in total. The Kier molecular flexibility index (Phi) is 5.72. The molecule has 2 heterocycles. The van der Waals surface area contributed by atoms with Crippen LogP contribution in [0.5, 0.6) is 5.75 Å². The van der Waals surface area contributed by atoms with Gasteiger partial charge in [0.25, 0.3) is 5.91 Å². The Labute approximate surface area is 168 Å². The maximum absolute atomic E-state index is 12.8. The number of rotatable bonds is 6. The van der Waals surface area contributed by atoms with Crippen LogP contribution >= 0.6 is 0 Å². The maximum Gasteiger partial charge on any atom is 0.341 e. The van der Waals surface area contributed by atoms with E-state index in [2.05, 4.69) is 10.5 Å². The number of aromatic nitrogens is 2. The van der Waals surface area contributed by atoms with Gasteiger partial charge in [-0.15, -0.1) is 0 Å². The van der Waals surface area contributed by atoms with Gasteiger partial charge < -0.3 is 19.3 Å². The van der Waals surface area contributed by atoms with Gasteiger partial charge in [-0.05, 0) is 44.5 Å². The normalized spacial score (nSPS) is 10.7. The van der Waals surface area contributed by atoms with Crippen molar-refractivity contribution in [2.24, 2.45) is 0 Å². The lowest BCUT2D eigenvalue weighted by molar-refractivity contribution is 0.0597. The van der Waals surface area contributed by atoms with Gasteiger partial charge in [0.05, 0.1) is 19.8 Å². The van der Waals surface area contributed by atoms with E-state index in [0.717, 1.165) is 17.0 Å². The molecular formula is C21H23N3O5. The van der Waals surface area contributed by atoms with Crippen molar-refractivity contribution in [1.82, 2.24) is 15.0 Å². The fraction of sp³-hybridized carbons (Fsp3) is 0.286. The average molecular weight is 397 g/mol. The van der Waals surface area contributed by atoms with Crippen molar-refractivity contribution in [3.8, 4) is 11.6 Å². The molecule has 0 bridgehead atoms. The zero-order chi connectivity index (χ0) is 21.1. The van der Waals surface area contributed by atoms with Crippen molar-refractivity contribution in [3.05, 3.63) is 64.2 Å². The van der Waals surface area contributed by atoms with E-state index in [1.165, 1.54) is 14.2 Å². The highest BCUT2D eigenvalue weighted by Crippen LogP contribution is 2.22. The summed E-state index contributed by atoms with van der Waals surface area (Å²) in [6.07, 6.45) is 0. The van der Waals surface area contributed by atoms with E-state index < -0.39 is 5.97 Å². The van der Waals surface area contributed by atoms with Gasteiger partial charge in [0.2, 0.25) is 0 Å². The number of methoxy groups -OCH3 is 2. The van der Waals surface area contributed by atoms with Crippen LogP contribution in [0.2, 0.25) is 0 Å². The number of carbonyl (C=O) groups excluding carboxylic acids is 2. The summed E-state index contributed by atoms with van der Waals surface area (Å²) in [5.74, 6) is 1.02. The number of amides is 1. The van der Waals surface area contributed by atoms with Gasteiger partial charge in [-0.1, -0.05) is 11.2 Å². The van der Waals surface area contributed by atoms with Crippen molar-refractivity contribution in [2.75, 3.05) is 14.2 Å². The predicted molar refractivity (Wildman–Crippen MR) is 106 cm³/mol. The zero-order valence-corrected chi connectivity index (χ0v) is 17.0. The molecule has 3 rings (SSSR count). The summed E-state index contributed by atoms with van der Waals surface area (Å²) in [5, 5.41) is 6.91. The van der Waals surface area contributed by atoms with Crippen LogP contribution < -0.4 is 10.1 Å². The van der Waals surface area contributed by atoms with Crippen LogP contribution in [-0.4, -0.2) is 35.8 Å². The topological polar surface area (TPSA) is 95.6 Å². The van der Waals surface area contributed by atoms with Crippen LogP contribution in [0.4, 0.5) is 0 Å². The van der Waals surface area contributed by atoms with Crippen LogP contribution in [0, 0.1) is 20.8 Å². The van der Waals surface area contributed by atoms with E-state index in [1.807, 2.05) is 37.5 Å². The minimum absolute atomic E-state index is 0.222. The maximum atomic E-state index is 12.8. The summed E-state index contributed by atoms with van der Waals surface area (Å²) in [6, 6.07) is 8.72. The van der Waals surface area contributed by atoms with Crippen molar-refractivity contribution in [2.45, 2.75) is 27.3 Å². The molecule has 0 saturated carbocycles. The Bertz CT molecular complexity index is 1060. The van der Waals surface area contributed by atoms with Crippen molar-refractivity contribution < 1.29 is 23.6 Å². The molecule has 8 heteroatoms. The molecule has 29 heavy (non-hydrogen) atoms. The van der Waals surface area contributed by atoms with E-state index in [9.17, 15) is 9.59 Å². The molecule has 0 saturated heterocycles. The summed E-state index contributed by atoms with van der Waals surface area (Å²) in [6.45, 7) is 5.82. The third kappa shape index (κ3) is 4.01. The monoisotopic (exact) mass is 397 g/mol. The summed E-state index contributed by atoms with van der Waals surface area (Å²) < 4.78 is 17.0. The highest BCUT2D eigenvalue weighted by atomic mass is 16.5. The van der Waals surface area contributed by atoms with Crippen molar-refractivity contribution in [3.63, 3.8) is 0 Å². The molecule has 0 atom stereocenters. The third-order valence-electron chi connectivity index (χ3n) is 4.64. The molecule has 3 aromatic rings. The number of ether oxygens (including phenoxy) is 2. The second-order valence-corrected chi connectivity index (χ2v) is 6.62. The summed E-state index contributed by atoms with van der Waals surface area (Å²) in [7, 11) is 2.79. The number of nitrogens with one attached hydrogen (secondary N) is 1. The van der Waals surface area contributed by atoms with Crippen LogP contribution in [0.1, 0.15) is 43.4 Å². The Hall–Kier alpha value is -3.55. The number of aryl methyl sites for hydroxylation is 2. The number of hydrogen-bond donors (Lipinski definition) is 1. The van der Waals surface area contributed by atoms with Crippen LogP contribution in [-0.2, 0) is 11.3 Å². The molecule has 0 aliphatic carbocycles. The molecule has 0 radical (unpaired) electrons. The quantitative estimate of drug-likeness (QED) is 0.642. The number of benzene rings is 1. The van der Waals surface area contributed by atoms with E-state index >= 15 is 0 Å². The Morgan fingerprint density at radius 2 is 1.86 bits per heavy atom. The fourth-order valence-electron chi connectivity index (χ4n) is 3.22. The highest BCUT2D eigenvalue weighted by molar-refractivity contribution is 5.96. The molecular weight excluding hydrogens is 374 g/mol. The number of esters is 1. The summed E-state index contributed by atoms with van der Waals surface area (Å²) in [4.78, 5) is 24.7. The largest absolute Gasteiger partial charge is 0.496 e. The highest BCUT2D eigenvalue weighted by Gasteiger charge is 2.19. The van der Waals surface area contributed by atoms with Crippen molar-refractivity contribution >= 4 is 11.9 Å². The zero-order valence-electron chi connectivity index (χ0n) is 17.0. The smallest absolute Gasteiger partial charge is 0.341 e. The van der Waals surface area contributed by atoms with Gasteiger partial charge >= 0.3 is 5.97 Å². The molecule has 1 N–H and O–H groups in total. The average Bonchev–Trinajstić information content (AvgIpc) is 3.27. The predicted octanol–water partition coefficient (Wildman–Crippen LogP) is 3.12. The lowest BCUT2D eigenvalue weighted by Crippen LogP contribution is -2.23. The van der Waals surface area contributed by atoms with Gasteiger partial charge in [0.15, 0.2) is 5.82 Å². The first-order chi connectivity index (χ1) is 13.8. The fourth-order valence-corrected chi connectivity index (χ4v) is 3.22. The van der Waals surface area contributed by atoms with Crippen molar-refractivity contribution in [1.29, 1.82) is 0 Å². The molecule has 0 spiro atoms. The first-order valence-electron chi connectivity index (χ1n) is 9.01. The summed E-state index contributed by atoms with van der Waals surface area (Å²) in [5.41, 5.74) is 3.24. The Morgan fingerprint density at radius 1 is 1.10 bits per heavy atom. The Morgan fingerprint density at radius 3 is 2.48 bits per heavy atom. The molecule has 1 aromatic carbocycles.